The molecule has 2 aromatic carbocycles. The van der Waals surface area contributed by atoms with Crippen molar-refractivity contribution in [3.05, 3.63) is 160 Å². The molecule has 12 rings (SSSR count). The van der Waals surface area contributed by atoms with Gasteiger partial charge in [-0.25, -0.2) is 33.1 Å². The number of carboxylic acids is 1. The summed E-state index contributed by atoms with van der Waals surface area (Å²) in [6.45, 7) is 21.1. The zero-order chi connectivity index (χ0) is 81.2. The Morgan fingerprint density at radius 1 is 0.636 bits per heavy atom. The van der Waals surface area contributed by atoms with Gasteiger partial charge in [0.2, 0.25) is 5.91 Å². The van der Waals surface area contributed by atoms with Crippen LogP contribution in [0, 0.1) is 51.1 Å². The molecular weight excluding hydrogens is 1560 g/mol. The number of ketones is 1. The summed E-state index contributed by atoms with van der Waals surface area (Å²) in [6.07, 6.45) is 29.9. The summed E-state index contributed by atoms with van der Waals surface area (Å²) in [4.78, 5) is 105. The number of carbonyl (C=O) groups excluding carboxylic acids is 6. The standard InChI is InChI=1S/C31H29F3N4O2.C15H24N2O2.C11H16N2O2.C9H14N2.C7H14O2.C6H10O.C3HBr2F3O/c1-18-17-38(31(37-18)20-5-2-3-6-20)28(39)15-22(11-19-12-23(32)16-24(33)13-19)29-25(7-4-10-36-29)21-8-9-27(34)26(14-21)30(35)40;1-11-9-17(10-13(18)19-15(2,3)4)14(16-11)12-7-5-6-8-12;1-8-6-13(7-10(14)15)11(12-8)9-4-2-3-5-9;1-7-6-10-9(11-7)8-4-2-3-5-8;1-5-6(8)9-7(2,3)4;7-5-6-3-1-2-4-6;4-2(5)1(9)3(6,7)8/h4,7-10,12-14,16-17,20,22H,2-3,5-6,11,15H2,1H3,(H2,35,40);9,12H,5-8,10H2,1-4H3;6,9H,2-5,7H2,1H3,(H,14,15);6,8H,2-5H2,1H3,(H,10,11);5H2,1-4H3;5-6H,1-4H2;2H/t22-;;;;;;/m1....../s1. The van der Waals surface area contributed by atoms with Crippen LogP contribution in [-0.2, 0) is 53.0 Å². The number of rotatable bonds is 18. The Kier molecular flexibility index (Phi) is 35.5. The van der Waals surface area contributed by atoms with E-state index in [1.807, 2.05) is 85.5 Å². The molecule has 110 heavy (non-hydrogen) atoms. The average molecular weight is 1670 g/mol. The lowest BCUT2D eigenvalue weighted by Crippen LogP contribution is -2.27. The van der Waals surface area contributed by atoms with E-state index in [0.717, 1.165) is 110 Å². The third-order valence-electron chi connectivity index (χ3n) is 19.0. The first kappa shape index (κ1) is 90.7. The molecule has 5 aliphatic carbocycles. The van der Waals surface area contributed by atoms with Gasteiger partial charge in [0.25, 0.3) is 11.7 Å². The Bertz CT molecular complexity index is 4130. The van der Waals surface area contributed by atoms with Crippen LogP contribution < -0.4 is 5.73 Å². The summed E-state index contributed by atoms with van der Waals surface area (Å²) in [5.74, 6) is -0.595. The number of Topliss-reactive ketones (excluding diaryl/α,β-unsaturated/α-hetero) is 1. The van der Waals surface area contributed by atoms with Gasteiger partial charge in [0.1, 0.15) is 75.1 Å². The minimum Gasteiger partial charge on any atom is -0.480 e. The number of aromatic nitrogens is 9. The Hall–Kier alpha value is -8.14. The van der Waals surface area contributed by atoms with Crippen LogP contribution in [0.15, 0.2) is 79.5 Å². The molecule has 7 aromatic rings. The molecular formula is C82H108Br2F6N10O10. The predicted octanol–water partition coefficient (Wildman–Crippen LogP) is 19.3. The highest BCUT2D eigenvalue weighted by atomic mass is 79.9. The van der Waals surface area contributed by atoms with Crippen molar-refractivity contribution in [1.82, 2.24) is 43.6 Å². The number of aldehydes is 1. The molecule has 0 unspecified atom stereocenters. The van der Waals surface area contributed by atoms with E-state index >= 15 is 0 Å². The number of primary amides is 1. The van der Waals surface area contributed by atoms with Gasteiger partial charge in [-0.15, -0.1) is 0 Å². The molecule has 0 radical (unpaired) electrons. The molecule has 28 heteroatoms. The largest absolute Gasteiger partial charge is 0.480 e. The topological polar surface area (TPSA) is 279 Å². The second-order valence-corrected chi connectivity index (χ2v) is 33.8. The summed E-state index contributed by atoms with van der Waals surface area (Å²) in [5, 5.41) is 8.79. The second kappa shape index (κ2) is 43.0. The van der Waals surface area contributed by atoms with Crippen molar-refractivity contribution < 1.29 is 74.5 Å². The molecule has 0 spiro atoms. The fourth-order valence-corrected chi connectivity index (χ4v) is 14.7. The number of carboxylic acid groups (broad SMARTS) is 1. The molecule has 5 aliphatic rings. The second-order valence-electron chi connectivity index (χ2n) is 30.8. The van der Waals surface area contributed by atoms with Crippen molar-refractivity contribution in [2.75, 3.05) is 0 Å². The number of nitrogens with one attached hydrogen (secondary N) is 1. The summed E-state index contributed by atoms with van der Waals surface area (Å²) in [5.41, 5.74) is 10.0. The molecule has 5 heterocycles. The van der Waals surface area contributed by atoms with E-state index in [0.29, 0.717) is 46.6 Å². The highest BCUT2D eigenvalue weighted by Crippen LogP contribution is 2.39. The molecule has 0 bridgehead atoms. The number of esters is 2. The molecule has 602 valence electrons. The highest BCUT2D eigenvalue weighted by molar-refractivity contribution is 9.25. The van der Waals surface area contributed by atoms with E-state index in [-0.39, 0.29) is 60.9 Å². The number of amides is 1. The maximum absolute atomic E-state index is 14.2. The molecule has 5 aromatic heterocycles. The molecule has 4 N–H and O–H groups in total. The number of benzene rings is 2. The maximum atomic E-state index is 14.2. The van der Waals surface area contributed by atoms with Gasteiger partial charge >= 0.3 is 24.1 Å². The lowest BCUT2D eigenvalue weighted by atomic mass is 9.87. The lowest BCUT2D eigenvalue weighted by Gasteiger charge is -2.21. The summed E-state index contributed by atoms with van der Waals surface area (Å²) < 4.78 is 90.7. The number of pyridine rings is 1. The van der Waals surface area contributed by atoms with Gasteiger partial charge < -0.3 is 39.2 Å². The number of aryl methyl sites for hydroxylation is 4. The van der Waals surface area contributed by atoms with Gasteiger partial charge in [0, 0.05) is 96.7 Å². The minimum absolute atomic E-state index is 0.0263. The number of hydrogen-bond donors (Lipinski definition) is 3. The quantitative estimate of drug-likeness (QED) is 0.0312. The smallest absolute Gasteiger partial charge is 0.452 e. The van der Waals surface area contributed by atoms with Crippen molar-refractivity contribution in [3.8, 4) is 11.1 Å². The van der Waals surface area contributed by atoms with Gasteiger partial charge in [0.05, 0.1) is 28.3 Å². The summed E-state index contributed by atoms with van der Waals surface area (Å²) in [6, 6.07) is 10.7. The number of nitrogens with zero attached hydrogens (tertiary/aromatic N) is 8. The number of aliphatic carboxylic acids is 1. The number of hydrogen-bond acceptors (Lipinski definition) is 14. The molecule has 0 aliphatic heterocycles. The van der Waals surface area contributed by atoms with Gasteiger partial charge in [-0.3, -0.25) is 38.3 Å². The van der Waals surface area contributed by atoms with E-state index < -0.39 is 56.5 Å². The third kappa shape index (κ3) is 30.2. The molecule has 1 atom stereocenters. The van der Waals surface area contributed by atoms with Crippen LogP contribution >= 0.6 is 31.9 Å². The highest BCUT2D eigenvalue weighted by Gasteiger charge is 2.41. The van der Waals surface area contributed by atoms with Crippen LogP contribution in [0.5, 0.6) is 0 Å². The first-order valence-corrected chi connectivity index (χ1v) is 39.8. The fourth-order valence-electron chi connectivity index (χ4n) is 14.2. The number of halogens is 8. The summed E-state index contributed by atoms with van der Waals surface area (Å²) >= 11 is 4.85. The number of alkyl halides is 5. The molecule has 5 saturated carbocycles. The van der Waals surface area contributed by atoms with E-state index in [1.165, 1.54) is 113 Å². The Balaban J connectivity index is 0.000000224. The molecule has 1 amide bonds. The van der Waals surface area contributed by atoms with Crippen molar-refractivity contribution in [2.45, 2.75) is 288 Å². The van der Waals surface area contributed by atoms with Crippen LogP contribution in [0.1, 0.15) is 292 Å². The predicted molar refractivity (Wildman–Crippen MR) is 416 cm³/mol. The number of carbonyl (C=O) groups is 7. The minimum atomic E-state index is -4.75. The van der Waals surface area contributed by atoms with E-state index in [1.54, 1.807) is 40.6 Å². The molecule has 0 saturated heterocycles. The van der Waals surface area contributed by atoms with Crippen molar-refractivity contribution in [2.24, 2.45) is 11.7 Å². The van der Waals surface area contributed by atoms with Gasteiger partial charge in [-0.05, 0) is 181 Å². The Morgan fingerprint density at radius 2 is 1.11 bits per heavy atom. The maximum Gasteiger partial charge on any atom is 0.452 e. The SMILES string of the molecule is CCC(=O)OC(C)(C)C.Cc1cn(C(=O)C[C@@H](Cc2cc(F)cc(F)c2)c2ncccc2-c2ccc(F)c(C(N)=O)c2)c(C2CCCC2)n1.Cc1cn(CC(=O)O)c(C2CCCC2)n1.Cc1cn(CC(=O)OC(C)(C)C)c(C2CCCC2)n1.Cc1cnc(C2CCCC2)[nH]1.O=C(C(Br)Br)C(F)(F)F.O=CC1CCCC1. The number of imidazole rings is 4. The third-order valence-corrected chi connectivity index (χ3v) is 19.8. The van der Waals surface area contributed by atoms with Crippen LogP contribution in [0.2, 0.25) is 0 Å². The van der Waals surface area contributed by atoms with Crippen molar-refractivity contribution in [3.63, 3.8) is 0 Å². The van der Waals surface area contributed by atoms with Crippen molar-refractivity contribution in [1.29, 1.82) is 0 Å². The molecule has 20 nitrogen and oxygen atoms in total. The lowest BCUT2D eigenvalue weighted by molar-refractivity contribution is -0.168. The first-order valence-electron chi connectivity index (χ1n) is 38.0. The fraction of sp³-hybridized carbons (Fsp3) is 0.561. The number of H-pyrrole nitrogens is 1. The van der Waals surface area contributed by atoms with E-state index in [9.17, 15) is 59.9 Å². The normalized spacial score (nSPS) is 15.8. The Labute approximate surface area is 658 Å². The van der Waals surface area contributed by atoms with Gasteiger partial charge in [-0.2, -0.15) is 13.2 Å². The van der Waals surface area contributed by atoms with Crippen LogP contribution in [0.4, 0.5) is 26.3 Å². The number of nitrogens with two attached hydrogens (primary N) is 1. The monoisotopic (exact) mass is 1660 g/mol. The van der Waals surface area contributed by atoms with E-state index in [4.69, 9.17) is 20.3 Å². The van der Waals surface area contributed by atoms with Gasteiger partial charge in [-0.1, -0.05) is 115 Å². The zero-order valence-electron chi connectivity index (χ0n) is 65.1. The average Bonchev–Trinajstić information content (AvgIpc) is 1.65. The van der Waals surface area contributed by atoms with Gasteiger partial charge in [0.15, 0.2) is 0 Å². The van der Waals surface area contributed by atoms with Crippen LogP contribution in [0.25, 0.3) is 11.1 Å². The first-order chi connectivity index (χ1) is 51.8. The zero-order valence-corrected chi connectivity index (χ0v) is 68.3. The van der Waals surface area contributed by atoms with E-state index in [2.05, 4.69) is 68.7 Å². The number of aromatic amines is 1. The Morgan fingerprint density at radius 3 is 1.54 bits per heavy atom. The van der Waals surface area contributed by atoms with Crippen LogP contribution in [0.3, 0.4) is 0 Å². The summed E-state index contributed by atoms with van der Waals surface area (Å²) in [7, 11) is 0. The van der Waals surface area contributed by atoms with Crippen LogP contribution in [-0.4, -0.2) is 112 Å². The van der Waals surface area contributed by atoms with Crippen molar-refractivity contribution >= 4 is 73.7 Å². The number of ether oxygens (including phenoxy) is 2. The molecule has 5 fully saturated rings.